The summed E-state index contributed by atoms with van der Waals surface area (Å²) in [5.74, 6) is 0.228. The van der Waals surface area contributed by atoms with E-state index in [-0.39, 0.29) is 17.4 Å². The number of nitrogens with zero attached hydrogens (tertiary/aromatic N) is 1. The van der Waals surface area contributed by atoms with Gasteiger partial charge in [0.05, 0.1) is 10.5 Å². The van der Waals surface area contributed by atoms with Crippen molar-refractivity contribution in [2.45, 2.75) is 18.9 Å². The van der Waals surface area contributed by atoms with E-state index in [1.165, 1.54) is 18.2 Å². The predicted molar refractivity (Wildman–Crippen MR) is 67.3 cm³/mol. The van der Waals surface area contributed by atoms with Crippen LogP contribution in [0.4, 0.5) is 5.69 Å². The van der Waals surface area contributed by atoms with Gasteiger partial charge >= 0.3 is 0 Å². The van der Waals surface area contributed by atoms with E-state index < -0.39 is 11.0 Å². The normalized spacial score (nSPS) is 18.5. The molecule has 1 atom stereocenters. The van der Waals surface area contributed by atoms with Crippen LogP contribution in [-0.2, 0) is 0 Å². The van der Waals surface area contributed by atoms with Gasteiger partial charge in [-0.15, -0.1) is 0 Å². The molecule has 0 saturated carbocycles. The zero-order chi connectivity index (χ0) is 13.1. The highest BCUT2D eigenvalue weighted by molar-refractivity contribution is 5.46. The van der Waals surface area contributed by atoms with Crippen LogP contribution in [-0.4, -0.2) is 23.1 Å². The average Bonchev–Trinajstić information content (AvgIpc) is 2.38. The fraction of sp³-hybridized carbons (Fsp3) is 0.500. The first kappa shape index (κ1) is 12.8. The van der Waals surface area contributed by atoms with Crippen LogP contribution in [0.25, 0.3) is 0 Å². The number of phenolic OH excluding ortho intramolecular Hbond substituents is 1. The number of hydrogen-bond donors (Lipinski definition) is 3. The molecule has 98 valence electrons. The van der Waals surface area contributed by atoms with Crippen LogP contribution in [0, 0.1) is 16.0 Å². The molecule has 0 spiro atoms. The maximum absolute atomic E-state index is 11.0. The van der Waals surface area contributed by atoms with Crippen molar-refractivity contribution in [3.63, 3.8) is 0 Å². The Hall–Kier alpha value is -1.66. The molecule has 1 saturated heterocycles. The van der Waals surface area contributed by atoms with E-state index in [1.807, 2.05) is 0 Å². The molecule has 0 radical (unpaired) electrons. The summed E-state index contributed by atoms with van der Waals surface area (Å²) in [5.41, 5.74) is 6.54. The number of rotatable bonds is 3. The predicted octanol–water partition coefficient (Wildman–Crippen LogP) is 1.30. The molecule has 2 rings (SSSR count). The maximum Gasteiger partial charge on any atom is 0.274 e. The van der Waals surface area contributed by atoms with Gasteiger partial charge in [0.15, 0.2) is 0 Å². The molecule has 1 heterocycles. The van der Waals surface area contributed by atoms with Gasteiger partial charge in [0, 0.05) is 12.1 Å². The van der Waals surface area contributed by atoms with Crippen molar-refractivity contribution in [2.75, 3.05) is 13.1 Å². The van der Waals surface area contributed by atoms with Gasteiger partial charge in [-0.3, -0.25) is 10.1 Å². The van der Waals surface area contributed by atoms with Gasteiger partial charge in [0.25, 0.3) is 5.69 Å². The Labute approximate surface area is 105 Å². The van der Waals surface area contributed by atoms with Gasteiger partial charge < -0.3 is 16.2 Å². The molecule has 0 bridgehead atoms. The van der Waals surface area contributed by atoms with Crippen molar-refractivity contribution in [2.24, 2.45) is 11.7 Å². The highest BCUT2D eigenvalue weighted by Crippen LogP contribution is 2.34. The van der Waals surface area contributed by atoms with E-state index in [1.54, 1.807) is 0 Å². The Kier molecular flexibility index (Phi) is 3.78. The molecule has 0 amide bonds. The van der Waals surface area contributed by atoms with Crippen molar-refractivity contribution < 1.29 is 10.0 Å². The molecule has 1 fully saturated rings. The standard InChI is InChI=1S/C12H17N3O3/c13-12(8-3-5-14-6-4-8)10-7-9(16)1-2-11(10)15(17)18/h1-2,7-8,12,14,16H,3-6,13H2/t12-/m1/s1. The summed E-state index contributed by atoms with van der Waals surface area (Å²) in [6.07, 6.45) is 1.79. The van der Waals surface area contributed by atoms with Crippen molar-refractivity contribution in [1.29, 1.82) is 0 Å². The van der Waals surface area contributed by atoms with Crippen molar-refractivity contribution in [3.8, 4) is 5.75 Å². The summed E-state index contributed by atoms with van der Waals surface area (Å²) in [6, 6.07) is 3.63. The van der Waals surface area contributed by atoms with Crippen LogP contribution in [0.2, 0.25) is 0 Å². The zero-order valence-corrected chi connectivity index (χ0v) is 10.0. The summed E-state index contributed by atoms with van der Waals surface area (Å²) in [4.78, 5) is 10.5. The second-order valence-electron chi connectivity index (χ2n) is 4.61. The number of nitro benzene ring substituents is 1. The van der Waals surface area contributed by atoms with Gasteiger partial charge in [-0.05, 0) is 44.0 Å². The first-order valence-corrected chi connectivity index (χ1v) is 6.03. The topological polar surface area (TPSA) is 101 Å². The van der Waals surface area contributed by atoms with Crippen LogP contribution in [0.15, 0.2) is 18.2 Å². The fourth-order valence-electron chi connectivity index (χ4n) is 2.43. The third kappa shape index (κ3) is 2.60. The van der Waals surface area contributed by atoms with Gasteiger partial charge in [-0.1, -0.05) is 0 Å². The average molecular weight is 251 g/mol. The summed E-state index contributed by atoms with van der Waals surface area (Å²) < 4.78 is 0. The lowest BCUT2D eigenvalue weighted by atomic mass is 9.86. The van der Waals surface area contributed by atoms with Crippen molar-refractivity contribution >= 4 is 5.69 Å². The second-order valence-corrected chi connectivity index (χ2v) is 4.61. The Morgan fingerprint density at radius 2 is 2.11 bits per heavy atom. The number of nitrogens with two attached hydrogens (primary N) is 1. The molecular weight excluding hydrogens is 234 g/mol. The van der Waals surface area contributed by atoms with Crippen LogP contribution in [0.1, 0.15) is 24.4 Å². The Bertz CT molecular complexity index is 444. The molecule has 18 heavy (non-hydrogen) atoms. The first-order valence-electron chi connectivity index (χ1n) is 6.03. The minimum atomic E-state index is -0.449. The molecule has 0 unspecified atom stereocenters. The second kappa shape index (κ2) is 5.32. The molecular formula is C12H17N3O3. The summed E-state index contributed by atoms with van der Waals surface area (Å²) in [6.45, 7) is 1.76. The molecule has 1 aliphatic rings. The third-order valence-electron chi connectivity index (χ3n) is 3.46. The molecule has 4 N–H and O–H groups in total. The minimum Gasteiger partial charge on any atom is -0.508 e. The van der Waals surface area contributed by atoms with Crippen LogP contribution < -0.4 is 11.1 Å². The smallest absolute Gasteiger partial charge is 0.274 e. The zero-order valence-electron chi connectivity index (χ0n) is 10.0. The van der Waals surface area contributed by atoms with Gasteiger partial charge in [-0.25, -0.2) is 0 Å². The van der Waals surface area contributed by atoms with E-state index in [0.29, 0.717) is 5.56 Å². The van der Waals surface area contributed by atoms with Gasteiger partial charge in [0.1, 0.15) is 5.75 Å². The Morgan fingerprint density at radius 3 is 2.72 bits per heavy atom. The number of phenols is 1. The van der Waals surface area contributed by atoms with Gasteiger partial charge in [-0.2, -0.15) is 0 Å². The Balaban J connectivity index is 2.30. The summed E-state index contributed by atoms with van der Waals surface area (Å²) >= 11 is 0. The summed E-state index contributed by atoms with van der Waals surface area (Å²) in [5, 5.41) is 23.7. The van der Waals surface area contributed by atoms with E-state index in [4.69, 9.17) is 5.73 Å². The quantitative estimate of drug-likeness (QED) is 0.555. The van der Waals surface area contributed by atoms with Crippen LogP contribution >= 0.6 is 0 Å². The maximum atomic E-state index is 11.0. The van der Waals surface area contributed by atoms with Crippen LogP contribution in [0.5, 0.6) is 5.75 Å². The number of nitro groups is 1. The number of hydrogen-bond acceptors (Lipinski definition) is 5. The van der Waals surface area contributed by atoms with Gasteiger partial charge in [0.2, 0.25) is 0 Å². The monoisotopic (exact) mass is 251 g/mol. The molecule has 0 aromatic heterocycles. The van der Waals surface area contributed by atoms with Crippen LogP contribution in [0.3, 0.4) is 0 Å². The lowest BCUT2D eigenvalue weighted by Gasteiger charge is -2.28. The lowest BCUT2D eigenvalue weighted by Crippen LogP contribution is -2.34. The first-order chi connectivity index (χ1) is 8.59. The third-order valence-corrected chi connectivity index (χ3v) is 3.46. The minimum absolute atomic E-state index is 0.0139. The Morgan fingerprint density at radius 1 is 1.44 bits per heavy atom. The lowest BCUT2D eigenvalue weighted by molar-refractivity contribution is -0.385. The molecule has 6 nitrogen and oxygen atoms in total. The van der Waals surface area contributed by atoms with E-state index >= 15 is 0 Å². The van der Waals surface area contributed by atoms with E-state index in [2.05, 4.69) is 5.32 Å². The highest BCUT2D eigenvalue weighted by atomic mass is 16.6. The van der Waals surface area contributed by atoms with E-state index in [9.17, 15) is 15.2 Å². The van der Waals surface area contributed by atoms with Crippen molar-refractivity contribution in [3.05, 3.63) is 33.9 Å². The summed E-state index contributed by atoms with van der Waals surface area (Å²) in [7, 11) is 0. The number of aromatic hydroxyl groups is 1. The molecule has 6 heteroatoms. The fourth-order valence-corrected chi connectivity index (χ4v) is 2.43. The SMILES string of the molecule is N[C@@H](c1cc(O)ccc1[N+](=O)[O-])C1CCNCC1. The van der Waals surface area contributed by atoms with Crippen molar-refractivity contribution in [1.82, 2.24) is 5.32 Å². The number of piperidine rings is 1. The van der Waals surface area contributed by atoms with E-state index in [0.717, 1.165) is 25.9 Å². The number of benzene rings is 1. The number of nitrogens with one attached hydrogen (secondary N) is 1. The molecule has 0 aliphatic carbocycles. The molecule has 1 aliphatic heterocycles. The molecule has 1 aromatic rings. The highest BCUT2D eigenvalue weighted by Gasteiger charge is 2.27. The largest absolute Gasteiger partial charge is 0.508 e. The molecule has 1 aromatic carbocycles.